The van der Waals surface area contributed by atoms with Crippen molar-refractivity contribution in [3.8, 4) is 5.75 Å². The summed E-state index contributed by atoms with van der Waals surface area (Å²) in [5.41, 5.74) is 3.82. The molecule has 1 N–H and O–H groups in total. The average molecular weight is 413 g/mol. The molecule has 0 saturated carbocycles. The van der Waals surface area contributed by atoms with Crippen LogP contribution in [0.1, 0.15) is 36.2 Å². The number of nitrogens with zero attached hydrogens (tertiary/aromatic N) is 1. The Labute approximate surface area is 173 Å². The monoisotopic (exact) mass is 412 g/mol. The molecule has 1 fully saturated rings. The fraction of sp³-hybridized carbons (Fsp3) is 0.190. The zero-order chi connectivity index (χ0) is 20.1. The highest BCUT2D eigenvalue weighted by Gasteiger charge is 2.34. The third-order valence-electron chi connectivity index (χ3n) is 4.15. The molecular formula is C21H20N2O3S2. The molecule has 0 aliphatic carbocycles. The smallest absolute Gasteiger partial charge is 0.285 e. The van der Waals surface area contributed by atoms with E-state index in [-0.39, 0.29) is 16.3 Å². The van der Waals surface area contributed by atoms with Crippen LogP contribution in [-0.2, 0) is 4.79 Å². The first kappa shape index (κ1) is 20.1. The minimum absolute atomic E-state index is 0.0641. The zero-order valence-corrected chi connectivity index (χ0v) is 17.2. The molecule has 1 saturated heterocycles. The van der Waals surface area contributed by atoms with Gasteiger partial charge in [0, 0.05) is 11.1 Å². The number of carbonyl (C=O) groups is 2. The average Bonchev–Trinajstić information content (AvgIpc) is 2.97. The van der Waals surface area contributed by atoms with Gasteiger partial charge in [-0.15, -0.1) is 0 Å². The summed E-state index contributed by atoms with van der Waals surface area (Å²) in [6.45, 7) is 4.04. The van der Waals surface area contributed by atoms with Crippen LogP contribution in [0.25, 0.3) is 6.08 Å². The van der Waals surface area contributed by atoms with E-state index >= 15 is 0 Å². The van der Waals surface area contributed by atoms with Gasteiger partial charge in [0.05, 0.1) is 11.0 Å². The van der Waals surface area contributed by atoms with Crippen LogP contribution in [0, 0.1) is 0 Å². The van der Waals surface area contributed by atoms with E-state index in [1.807, 2.05) is 44.2 Å². The van der Waals surface area contributed by atoms with E-state index in [4.69, 9.17) is 17.0 Å². The second kappa shape index (κ2) is 9.03. The number of benzene rings is 2. The van der Waals surface area contributed by atoms with Gasteiger partial charge in [0.1, 0.15) is 5.75 Å². The molecule has 28 heavy (non-hydrogen) atoms. The number of carbonyl (C=O) groups excluding carboxylic acids is 2. The van der Waals surface area contributed by atoms with E-state index in [1.165, 1.54) is 0 Å². The molecule has 1 heterocycles. The molecule has 2 aromatic rings. The summed E-state index contributed by atoms with van der Waals surface area (Å²) < 4.78 is 6.21. The number of hydrazine groups is 1. The summed E-state index contributed by atoms with van der Waals surface area (Å²) in [5.74, 6) is -0.0493. The molecule has 1 unspecified atom stereocenters. The van der Waals surface area contributed by atoms with Crippen molar-refractivity contribution >= 4 is 46.2 Å². The van der Waals surface area contributed by atoms with Crippen LogP contribution in [0.5, 0.6) is 5.75 Å². The third-order valence-corrected chi connectivity index (χ3v) is 5.45. The number of para-hydroxylation sites is 1. The van der Waals surface area contributed by atoms with Crippen LogP contribution in [0.15, 0.2) is 59.5 Å². The fourth-order valence-electron chi connectivity index (χ4n) is 2.47. The van der Waals surface area contributed by atoms with Crippen LogP contribution >= 0.6 is 24.0 Å². The van der Waals surface area contributed by atoms with E-state index in [0.717, 1.165) is 28.8 Å². The predicted octanol–water partition coefficient (Wildman–Crippen LogP) is 4.41. The van der Waals surface area contributed by atoms with Gasteiger partial charge in [-0.2, -0.15) is 5.01 Å². The van der Waals surface area contributed by atoms with Crippen molar-refractivity contribution < 1.29 is 14.3 Å². The number of hydrogen-bond acceptors (Lipinski definition) is 5. The molecule has 0 aromatic heterocycles. The highest BCUT2D eigenvalue weighted by atomic mass is 32.2. The largest absolute Gasteiger partial charge is 0.490 e. The first-order valence-corrected chi connectivity index (χ1v) is 10.1. The van der Waals surface area contributed by atoms with Gasteiger partial charge in [0.15, 0.2) is 4.32 Å². The molecule has 0 bridgehead atoms. The van der Waals surface area contributed by atoms with Gasteiger partial charge < -0.3 is 4.74 Å². The summed E-state index contributed by atoms with van der Waals surface area (Å²) in [6, 6.07) is 16.2. The second-order valence-corrected chi connectivity index (χ2v) is 7.87. The van der Waals surface area contributed by atoms with E-state index in [1.54, 1.807) is 30.3 Å². The molecule has 2 aromatic carbocycles. The number of ether oxygens (including phenoxy) is 1. The normalized spacial score (nSPS) is 16.4. The Morgan fingerprint density at radius 1 is 1.21 bits per heavy atom. The number of amides is 2. The Kier molecular flexibility index (Phi) is 6.49. The molecule has 0 spiro atoms. The number of thioether (sulfide) groups is 1. The second-order valence-electron chi connectivity index (χ2n) is 6.20. The maximum Gasteiger partial charge on any atom is 0.285 e. The summed E-state index contributed by atoms with van der Waals surface area (Å²) >= 11 is 6.43. The molecule has 1 aliphatic rings. The van der Waals surface area contributed by atoms with Crippen molar-refractivity contribution in [2.45, 2.75) is 26.4 Å². The standard InChI is InChI=1S/C21H20N2O3S2/c1-3-14(2)26-17-12-8-7-11-16(17)13-18-20(25)23(21(27)28-18)22-19(24)15-9-5-4-6-10-15/h4-14H,3H2,1-2H3,(H,22,24)/b18-13+. The Bertz CT molecular complexity index is 928. The summed E-state index contributed by atoms with van der Waals surface area (Å²) in [4.78, 5) is 25.6. The molecule has 5 nitrogen and oxygen atoms in total. The van der Waals surface area contributed by atoms with Crippen LogP contribution in [0.2, 0.25) is 0 Å². The van der Waals surface area contributed by atoms with Crippen molar-refractivity contribution in [1.29, 1.82) is 0 Å². The number of thiocarbonyl (C=S) groups is 1. The predicted molar refractivity (Wildman–Crippen MR) is 116 cm³/mol. The minimum Gasteiger partial charge on any atom is -0.490 e. The highest BCUT2D eigenvalue weighted by molar-refractivity contribution is 8.26. The first-order chi connectivity index (χ1) is 13.5. The number of rotatable bonds is 6. The maximum atomic E-state index is 12.8. The minimum atomic E-state index is -0.390. The molecule has 144 valence electrons. The lowest BCUT2D eigenvalue weighted by Gasteiger charge is -2.16. The van der Waals surface area contributed by atoms with Gasteiger partial charge in [0.2, 0.25) is 0 Å². The molecular weight excluding hydrogens is 392 g/mol. The molecule has 2 amide bonds. The number of hydrogen-bond donors (Lipinski definition) is 1. The van der Waals surface area contributed by atoms with Gasteiger partial charge in [0.25, 0.3) is 11.8 Å². The van der Waals surface area contributed by atoms with E-state index in [9.17, 15) is 9.59 Å². The quantitative estimate of drug-likeness (QED) is 0.563. The Hall–Kier alpha value is -2.64. The van der Waals surface area contributed by atoms with E-state index in [2.05, 4.69) is 5.43 Å². The van der Waals surface area contributed by atoms with Gasteiger partial charge in [-0.1, -0.05) is 55.1 Å². The van der Waals surface area contributed by atoms with Crippen LogP contribution < -0.4 is 10.2 Å². The lowest BCUT2D eigenvalue weighted by Crippen LogP contribution is -2.44. The van der Waals surface area contributed by atoms with Crippen LogP contribution in [0.4, 0.5) is 0 Å². The van der Waals surface area contributed by atoms with Crippen molar-refractivity contribution in [1.82, 2.24) is 10.4 Å². The number of nitrogens with one attached hydrogen (secondary N) is 1. The van der Waals surface area contributed by atoms with Crippen LogP contribution in [0.3, 0.4) is 0 Å². The molecule has 7 heteroatoms. The van der Waals surface area contributed by atoms with Gasteiger partial charge in [-0.25, -0.2) is 0 Å². The Balaban J connectivity index is 1.79. The Morgan fingerprint density at radius 2 is 1.89 bits per heavy atom. The van der Waals surface area contributed by atoms with Gasteiger partial charge in [-0.3, -0.25) is 15.0 Å². The SMILES string of the molecule is CCC(C)Oc1ccccc1/C=C1/SC(=S)N(NC(=O)c2ccccc2)C1=O. The van der Waals surface area contributed by atoms with Crippen LogP contribution in [-0.4, -0.2) is 27.2 Å². The molecule has 3 rings (SSSR count). The van der Waals surface area contributed by atoms with Gasteiger partial charge in [-0.05, 0) is 49.8 Å². The molecule has 1 atom stereocenters. The Morgan fingerprint density at radius 3 is 2.61 bits per heavy atom. The summed E-state index contributed by atoms with van der Waals surface area (Å²) in [7, 11) is 0. The molecule has 0 radical (unpaired) electrons. The summed E-state index contributed by atoms with van der Waals surface area (Å²) in [5, 5.41) is 1.11. The fourth-order valence-corrected chi connectivity index (χ4v) is 3.64. The molecule has 1 aliphatic heterocycles. The van der Waals surface area contributed by atoms with Crippen molar-refractivity contribution in [3.63, 3.8) is 0 Å². The van der Waals surface area contributed by atoms with Crippen molar-refractivity contribution in [2.75, 3.05) is 0 Å². The topological polar surface area (TPSA) is 58.6 Å². The lowest BCUT2D eigenvalue weighted by molar-refractivity contribution is -0.123. The third kappa shape index (κ3) is 4.61. The van der Waals surface area contributed by atoms with Crippen molar-refractivity contribution in [2.24, 2.45) is 0 Å². The van der Waals surface area contributed by atoms with Gasteiger partial charge >= 0.3 is 0 Å². The maximum absolute atomic E-state index is 12.8. The lowest BCUT2D eigenvalue weighted by atomic mass is 10.1. The van der Waals surface area contributed by atoms with Crippen molar-refractivity contribution in [3.05, 3.63) is 70.6 Å². The first-order valence-electron chi connectivity index (χ1n) is 8.89. The van der Waals surface area contributed by atoms with E-state index in [0.29, 0.717) is 16.2 Å². The zero-order valence-electron chi connectivity index (χ0n) is 15.5. The highest BCUT2D eigenvalue weighted by Crippen LogP contribution is 2.33. The summed E-state index contributed by atoms with van der Waals surface area (Å²) in [6.07, 6.45) is 2.68. The van der Waals surface area contributed by atoms with E-state index < -0.39 is 5.91 Å².